The molecular weight excluding hydrogens is 310 g/mol. The van der Waals surface area contributed by atoms with Crippen molar-refractivity contribution >= 4 is 27.3 Å². The fourth-order valence-corrected chi connectivity index (χ4v) is 4.49. The first-order valence-electron chi connectivity index (χ1n) is 7.07. The van der Waals surface area contributed by atoms with Crippen molar-refractivity contribution in [2.45, 2.75) is 31.7 Å². The molecule has 0 bridgehead atoms. The van der Waals surface area contributed by atoms with Gasteiger partial charge in [0.05, 0.1) is 4.90 Å². The number of nitrogen functional groups attached to an aromatic ring is 1. The van der Waals surface area contributed by atoms with Gasteiger partial charge in [-0.3, -0.25) is 4.90 Å². The Morgan fingerprint density at radius 3 is 2.57 bits per heavy atom. The average Bonchev–Trinajstić information content (AvgIpc) is 2.44. The highest BCUT2D eigenvalue weighted by Crippen LogP contribution is 2.28. The Balaban J connectivity index is 2.31. The van der Waals surface area contributed by atoms with E-state index in [1.54, 1.807) is 6.92 Å². The van der Waals surface area contributed by atoms with Gasteiger partial charge in [-0.2, -0.15) is 4.31 Å². The van der Waals surface area contributed by atoms with E-state index >= 15 is 0 Å². The largest absolute Gasteiger partial charge is 0.398 e. The third-order valence-corrected chi connectivity index (χ3v) is 6.37. The summed E-state index contributed by atoms with van der Waals surface area (Å²) in [6.45, 7) is 8.55. The number of benzene rings is 1. The van der Waals surface area contributed by atoms with E-state index in [1.165, 1.54) is 16.4 Å². The lowest BCUT2D eigenvalue weighted by Gasteiger charge is -2.38. The summed E-state index contributed by atoms with van der Waals surface area (Å²) >= 11 is 6.07. The number of nitrogens with two attached hydrogens (primary N) is 1. The molecule has 1 aliphatic rings. The molecule has 0 saturated carbocycles. The fourth-order valence-electron chi connectivity index (χ4n) is 2.62. The quantitative estimate of drug-likeness (QED) is 0.860. The topological polar surface area (TPSA) is 66.6 Å². The molecule has 0 radical (unpaired) electrons. The normalized spacial score (nSPS) is 21.6. The Morgan fingerprint density at radius 2 is 2.05 bits per heavy atom. The highest BCUT2D eigenvalue weighted by atomic mass is 35.5. The first-order chi connectivity index (χ1) is 9.77. The summed E-state index contributed by atoms with van der Waals surface area (Å²) in [4.78, 5) is 2.44. The second-order valence-electron chi connectivity index (χ2n) is 5.46. The summed E-state index contributed by atoms with van der Waals surface area (Å²) in [7, 11) is -3.55. The van der Waals surface area contributed by atoms with Gasteiger partial charge in [-0.25, -0.2) is 8.42 Å². The van der Waals surface area contributed by atoms with Gasteiger partial charge >= 0.3 is 0 Å². The molecule has 1 atom stereocenters. The minimum atomic E-state index is -3.55. The average molecular weight is 332 g/mol. The molecule has 118 valence electrons. The van der Waals surface area contributed by atoms with Gasteiger partial charge in [-0.05, 0) is 38.1 Å². The summed E-state index contributed by atoms with van der Waals surface area (Å²) in [6, 6.07) is 3.18. The van der Waals surface area contributed by atoms with Gasteiger partial charge in [0.25, 0.3) is 0 Å². The number of rotatable bonds is 3. The number of hydrogen-bond acceptors (Lipinski definition) is 4. The molecule has 1 aliphatic heterocycles. The van der Waals surface area contributed by atoms with E-state index in [-0.39, 0.29) is 10.9 Å². The molecule has 21 heavy (non-hydrogen) atoms. The highest BCUT2D eigenvalue weighted by molar-refractivity contribution is 7.89. The Bertz CT molecular complexity index is 610. The lowest BCUT2D eigenvalue weighted by Crippen LogP contribution is -2.53. The van der Waals surface area contributed by atoms with Gasteiger partial charge in [0, 0.05) is 36.4 Å². The van der Waals surface area contributed by atoms with Crippen molar-refractivity contribution < 1.29 is 8.42 Å². The molecule has 5 nitrogen and oxygen atoms in total. The number of nitrogens with zero attached hydrogens (tertiary/aromatic N) is 2. The van der Waals surface area contributed by atoms with E-state index in [4.69, 9.17) is 17.3 Å². The Kier molecular flexibility index (Phi) is 4.82. The van der Waals surface area contributed by atoms with Crippen LogP contribution in [0.25, 0.3) is 0 Å². The maximum absolute atomic E-state index is 12.7. The van der Waals surface area contributed by atoms with Gasteiger partial charge in [-0.1, -0.05) is 18.5 Å². The summed E-state index contributed by atoms with van der Waals surface area (Å²) in [5.74, 6) is 0. The van der Waals surface area contributed by atoms with Crippen LogP contribution in [0.4, 0.5) is 5.69 Å². The molecule has 1 unspecified atom stereocenters. The number of piperazine rings is 1. The van der Waals surface area contributed by atoms with E-state index in [2.05, 4.69) is 11.8 Å². The molecule has 1 aromatic rings. The predicted molar refractivity (Wildman–Crippen MR) is 86.1 cm³/mol. The number of halogens is 1. The zero-order chi connectivity index (χ0) is 15.8. The van der Waals surface area contributed by atoms with Crippen LogP contribution in [0.2, 0.25) is 5.02 Å². The molecule has 1 aromatic carbocycles. The van der Waals surface area contributed by atoms with Crippen LogP contribution < -0.4 is 5.73 Å². The molecule has 0 spiro atoms. The summed E-state index contributed by atoms with van der Waals surface area (Å²) in [5, 5.41) is 0.383. The van der Waals surface area contributed by atoms with Crippen LogP contribution in [0.15, 0.2) is 17.0 Å². The summed E-state index contributed by atoms with van der Waals surface area (Å²) in [5.41, 5.74) is 6.96. The van der Waals surface area contributed by atoms with Crippen molar-refractivity contribution in [3.63, 3.8) is 0 Å². The van der Waals surface area contributed by atoms with Gasteiger partial charge in [-0.15, -0.1) is 0 Å². The lowest BCUT2D eigenvalue weighted by molar-refractivity contribution is 0.135. The van der Waals surface area contributed by atoms with Crippen LogP contribution in [0.5, 0.6) is 0 Å². The van der Waals surface area contributed by atoms with Crippen molar-refractivity contribution in [1.82, 2.24) is 9.21 Å². The second-order valence-corrected chi connectivity index (χ2v) is 7.81. The predicted octanol–water partition coefficient (Wildman–Crippen LogP) is 1.95. The van der Waals surface area contributed by atoms with Crippen LogP contribution in [-0.4, -0.2) is 49.8 Å². The minimum Gasteiger partial charge on any atom is -0.398 e. The van der Waals surface area contributed by atoms with Gasteiger partial charge in [0.15, 0.2) is 0 Å². The van der Waals surface area contributed by atoms with E-state index in [9.17, 15) is 8.42 Å². The summed E-state index contributed by atoms with van der Waals surface area (Å²) < 4.78 is 27.0. The van der Waals surface area contributed by atoms with Crippen LogP contribution in [-0.2, 0) is 10.0 Å². The van der Waals surface area contributed by atoms with Crippen LogP contribution in [0.1, 0.15) is 19.4 Å². The van der Waals surface area contributed by atoms with Crippen LogP contribution in [0, 0.1) is 6.92 Å². The van der Waals surface area contributed by atoms with Crippen molar-refractivity contribution in [3.8, 4) is 0 Å². The molecular formula is C14H22ClN3O2S. The smallest absolute Gasteiger partial charge is 0.243 e. The van der Waals surface area contributed by atoms with E-state index in [0.717, 1.165) is 13.1 Å². The standard InChI is InChI=1S/C14H22ClN3O2S/c1-4-17-5-6-18(9-10(17)2)21(19,20)12-7-13(15)11(3)14(16)8-12/h7-8,10H,4-6,9,16H2,1-3H3. The van der Waals surface area contributed by atoms with Crippen molar-refractivity contribution in [2.75, 3.05) is 31.9 Å². The zero-order valence-corrected chi connectivity index (χ0v) is 14.2. The second kappa shape index (κ2) is 6.12. The number of likely N-dealkylation sites (N-methyl/N-ethyl adjacent to an activating group) is 1. The molecule has 2 rings (SSSR count). The zero-order valence-electron chi connectivity index (χ0n) is 12.6. The van der Waals surface area contributed by atoms with Gasteiger partial charge in [0.2, 0.25) is 10.0 Å². The maximum atomic E-state index is 12.7. The number of sulfonamides is 1. The first-order valence-corrected chi connectivity index (χ1v) is 8.89. The molecule has 0 aromatic heterocycles. The Labute approximate surface area is 131 Å². The minimum absolute atomic E-state index is 0.174. The van der Waals surface area contributed by atoms with Crippen molar-refractivity contribution in [1.29, 1.82) is 0 Å². The highest BCUT2D eigenvalue weighted by Gasteiger charge is 2.32. The molecule has 0 amide bonds. The monoisotopic (exact) mass is 331 g/mol. The molecule has 2 N–H and O–H groups in total. The van der Waals surface area contributed by atoms with Gasteiger partial charge < -0.3 is 5.73 Å². The number of hydrogen-bond donors (Lipinski definition) is 1. The first kappa shape index (κ1) is 16.5. The Hall–Kier alpha value is -0.820. The lowest BCUT2D eigenvalue weighted by atomic mass is 10.2. The van der Waals surface area contributed by atoms with Crippen molar-refractivity contribution in [3.05, 3.63) is 22.7 Å². The summed E-state index contributed by atoms with van der Waals surface area (Å²) in [6.07, 6.45) is 0. The maximum Gasteiger partial charge on any atom is 0.243 e. The fraction of sp³-hybridized carbons (Fsp3) is 0.571. The third-order valence-electron chi connectivity index (χ3n) is 4.13. The third kappa shape index (κ3) is 3.18. The van der Waals surface area contributed by atoms with Gasteiger partial charge in [0.1, 0.15) is 0 Å². The van der Waals surface area contributed by atoms with E-state index in [1.807, 2.05) is 6.92 Å². The van der Waals surface area contributed by atoms with E-state index < -0.39 is 10.0 Å². The van der Waals surface area contributed by atoms with Crippen LogP contribution >= 0.6 is 11.6 Å². The molecule has 7 heteroatoms. The molecule has 1 saturated heterocycles. The van der Waals surface area contributed by atoms with Crippen LogP contribution in [0.3, 0.4) is 0 Å². The van der Waals surface area contributed by atoms with Crippen molar-refractivity contribution in [2.24, 2.45) is 0 Å². The molecule has 1 heterocycles. The molecule has 1 fully saturated rings. The SMILES string of the molecule is CCN1CCN(S(=O)(=O)c2cc(N)c(C)c(Cl)c2)CC1C. The van der Waals surface area contributed by atoms with E-state index in [0.29, 0.717) is 29.4 Å². The number of anilines is 1. The Morgan fingerprint density at radius 1 is 1.38 bits per heavy atom. The molecule has 0 aliphatic carbocycles.